The molecule has 1 atom stereocenters. The first kappa shape index (κ1) is 16.1. The highest BCUT2D eigenvalue weighted by Crippen LogP contribution is 2.15. The molecule has 0 aliphatic heterocycles. The van der Waals surface area contributed by atoms with Crippen molar-refractivity contribution in [3.05, 3.63) is 65.7 Å². The molecule has 2 rings (SSSR count). The molecule has 3 nitrogen and oxygen atoms in total. The molecule has 116 valence electrons. The van der Waals surface area contributed by atoms with Crippen LogP contribution in [0.5, 0.6) is 5.75 Å². The molecule has 0 radical (unpaired) electrons. The van der Waals surface area contributed by atoms with Crippen LogP contribution in [0.2, 0.25) is 0 Å². The second kappa shape index (κ2) is 8.23. The number of carbonyl (C=O) groups is 1. The van der Waals surface area contributed by atoms with Gasteiger partial charge in [0.25, 0.3) is 5.91 Å². The van der Waals surface area contributed by atoms with Gasteiger partial charge in [0.1, 0.15) is 5.75 Å². The molecule has 0 saturated heterocycles. The highest BCUT2D eigenvalue weighted by atomic mass is 16.5. The Morgan fingerprint density at radius 3 is 2.41 bits per heavy atom. The number of ether oxygens (including phenoxy) is 1. The van der Waals surface area contributed by atoms with Gasteiger partial charge in [-0.25, -0.2) is 0 Å². The third kappa shape index (κ3) is 4.62. The molecule has 0 aliphatic rings. The van der Waals surface area contributed by atoms with Crippen molar-refractivity contribution < 1.29 is 9.53 Å². The average Bonchev–Trinajstić information content (AvgIpc) is 2.56. The van der Waals surface area contributed by atoms with Gasteiger partial charge in [-0.2, -0.15) is 0 Å². The van der Waals surface area contributed by atoms with Crippen molar-refractivity contribution in [1.29, 1.82) is 0 Å². The van der Waals surface area contributed by atoms with Gasteiger partial charge in [0.15, 0.2) is 0 Å². The Balaban J connectivity index is 1.92. The van der Waals surface area contributed by atoms with Crippen LogP contribution in [-0.4, -0.2) is 12.5 Å². The van der Waals surface area contributed by atoms with Gasteiger partial charge in [-0.3, -0.25) is 4.79 Å². The first-order valence-corrected chi connectivity index (χ1v) is 7.79. The van der Waals surface area contributed by atoms with Crippen LogP contribution in [-0.2, 0) is 0 Å². The fraction of sp³-hybridized carbons (Fsp3) is 0.316. The lowest BCUT2D eigenvalue weighted by molar-refractivity contribution is 0.0940. The van der Waals surface area contributed by atoms with E-state index in [1.165, 1.54) is 0 Å². The topological polar surface area (TPSA) is 38.3 Å². The average molecular weight is 297 g/mol. The van der Waals surface area contributed by atoms with Crippen molar-refractivity contribution in [3.63, 3.8) is 0 Å². The summed E-state index contributed by atoms with van der Waals surface area (Å²) in [6.45, 7) is 4.83. The molecule has 1 N–H and O–H groups in total. The maximum Gasteiger partial charge on any atom is 0.251 e. The molecule has 1 amide bonds. The maximum absolute atomic E-state index is 12.2. The summed E-state index contributed by atoms with van der Waals surface area (Å²) in [5.74, 6) is 0.734. The quantitative estimate of drug-likeness (QED) is 0.771. The highest BCUT2D eigenvalue weighted by Gasteiger charge is 2.11. The number of benzene rings is 2. The van der Waals surface area contributed by atoms with E-state index in [9.17, 15) is 4.79 Å². The zero-order valence-electron chi connectivity index (χ0n) is 13.2. The molecule has 0 saturated carbocycles. The van der Waals surface area contributed by atoms with E-state index in [0.717, 1.165) is 24.2 Å². The summed E-state index contributed by atoms with van der Waals surface area (Å²) in [5.41, 5.74) is 1.74. The molecule has 0 unspecified atom stereocenters. The Morgan fingerprint density at radius 1 is 1.09 bits per heavy atom. The van der Waals surface area contributed by atoms with Crippen LogP contribution in [0.25, 0.3) is 0 Å². The van der Waals surface area contributed by atoms with E-state index in [0.29, 0.717) is 12.2 Å². The van der Waals surface area contributed by atoms with Crippen molar-refractivity contribution in [1.82, 2.24) is 5.32 Å². The predicted molar refractivity (Wildman–Crippen MR) is 89.2 cm³/mol. The van der Waals surface area contributed by atoms with Crippen LogP contribution in [0.3, 0.4) is 0 Å². The van der Waals surface area contributed by atoms with Crippen molar-refractivity contribution in [2.75, 3.05) is 6.61 Å². The predicted octanol–water partition coefficient (Wildman–Crippen LogP) is 4.36. The first-order valence-electron chi connectivity index (χ1n) is 7.79. The Bertz CT molecular complexity index is 578. The number of unbranched alkanes of at least 4 members (excludes halogenated alkanes) is 1. The first-order chi connectivity index (χ1) is 10.7. The van der Waals surface area contributed by atoms with Gasteiger partial charge >= 0.3 is 0 Å². The smallest absolute Gasteiger partial charge is 0.251 e. The minimum atomic E-state index is -0.0727. The van der Waals surface area contributed by atoms with Crippen LogP contribution >= 0.6 is 0 Å². The van der Waals surface area contributed by atoms with Gasteiger partial charge in [0, 0.05) is 5.56 Å². The highest BCUT2D eigenvalue weighted by molar-refractivity contribution is 5.94. The SMILES string of the molecule is CCCCOc1ccc(C(=O)N[C@H](C)c2ccccc2)cc1. The van der Waals surface area contributed by atoms with E-state index < -0.39 is 0 Å². The third-order valence-electron chi connectivity index (χ3n) is 3.53. The standard InChI is InChI=1S/C19H23NO2/c1-3-4-14-22-18-12-10-17(11-13-18)19(21)20-15(2)16-8-6-5-7-9-16/h5-13,15H,3-4,14H2,1-2H3,(H,20,21)/t15-/m1/s1. The monoisotopic (exact) mass is 297 g/mol. The van der Waals surface area contributed by atoms with Crippen molar-refractivity contribution in [2.24, 2.45) is 0 Å². The van der Waals surface area contributed by atoms with Crippen molar-refractivity contribution in [2.45, 2.75) is 32.7 Å². The van der Waals surface area contributed by atoms with E-state index in [1.54, 1.807) is 12.1 Å². The van der Waals surface area contributed by atoms with Crippen molar-refractivity contribution >= 4 is 5.91 Å². The molecule has 0 aliphatic carbocycles. The lowest BCUT2D eigenvalue weighted by atomic mass is 10.1. The second-order valence-corrected chi connectivity index (χ2v) is 5.33. The van der Waals surface area contributed by atoms with Crippen LogP contribution < -0.4 is 10.1 Å². The second-order valence-electron chi connectivity index (χ2n) is 5.33. The Hall–Kier alpha value is -2.29. The molecular weight excluding hydrogens is 274 g/mol. The van der Waals surface area contributed by atoms with Gasteiger partial charge in [-0.1, -0.05) is 43.7 Å². The largest absolute Gasteiger partial charge is 0.494 e. The third-order valence-corrected chi connectivity index (χ3v) is 3.53. The lowest BCUT2D eigenvalue weighted by Crippen LogP contribution is -2.26. The number of rotatable bonds is 7. The molecular formula is C19H23NO2. The number of amides is 1. The van der Waals surface area contributed by atoms with E-state index in [-0.39, 0.29) is 11.9 Å². The van der Waals surface area contributed by atoms with Gasteiger partial charge in [0.05, 0.1) is 12.6 Å². The fourth-order valence-electron chi connectivity index (χ4n) is 2.14. The minimum Gasteiger partial charge on any atom is -0.494 e. The Morgan fingerprint density at radius 2 is 1.77 bits per heavy atom. The summed E-state index contributed by atoms with van der Waals surface area (Å²) < 4.78 is 5.60. The summed E-state index contributed by atoms with van der Waals surface area (Å²) in [5, 5.41) is 3.00. The van der Waals surface area contributed by atoms with Crippen LogP contribution in [0.1, 0.15) is 48.7 Å². The van der Waals surface area contributed by atoms with Crippen molar-refractivity contribution in [3.8, 4) is 5.75 Å². The van der Waals surface area contributed by atoms with E-state index in [2.05, 4.69) is 12.2 Å². The van der Waals surface area contributed by atoms with Crippen LogP contribution in [0.4, 0.5) is 0 Å². The van der Waals surface area contributed by atoms with Crippen LogP contribution in [0, 0.1) is 0 Å². The lowest BCUT2D eigenvalue weighted by Gasteiger charge is -2.14. The number of nitrogens with one attached hydrogen (secondary N) is 1. The van der Waals surface area contributed by atoms with Gasteiger partial charge < -0.3 is 10.1 Å². The van der Waals surface area contributed by atoms with E-state index in [4.69, 9.17) is 4.74 Å². The molecule has 22 heavy (non-hydrogen) atoms. The number of carbonyl (C=O) groups excluding carboxylic acids is 1. The Labute approximate surface area is 132 Å². The summed E-state index contributed by atoms with van der Waals surface area (Å²) >= 11 is 0. The summed E-state index contributed by atoms with van der Waals surface area (Å²) in [7, 11) is 0. The zero-order chi connectivity index (χ0) is 15.8. The minimum absolute atomic E-state index is 0.0193. The van der Waals surface area contributed by atoms with Gasteiger partial charge in [-0.05, 0) is 43.2 Å². The van der Waals surface area contributed by atoms with Gasteiger partial charge in [0.2, 0.25) is 0 Å². The molecule has 2 aromatic carbocycles. The molecule has 0 fully saturated rings. The number of hydrogen-bond donors (Lipinski definition) is 1. The van der Waals surface area contributed by atoms with Crippen LogP contribution in [0.15, 0.2) is 54.6 Å². The zero-order valence-corrected chi connectivity index (χ0v) is 13.2. The molecule has 3 heteroatoms. The maximum atomic E-state index is 12.2. The molecule has 0 heterocycles. The van der Waals surface area contributed by atoms with E-state index in [1.807, 2.05) is 49.4 Å². The molecule has 0 aromatic heterocycles. The molecule has 0 bridgehead atoms. The summed E-state index contributed by atoms with van der Waals surface area (Å²) in [4.78, 5) is 12.2. The van der Waals surface area contributed by atoms with Gasteiger partial charge in [-0.15, -0.1) is 0 Å². The number of hydrogen-bond acceptors (Lipinski definition) is 2. The summed E-state index contributed by atoms with van der Waals surface area (Å²) in [6.07, 6.45) is 2.15. The molecule has 2 aromatic rings. The Kier molecular flexibility index (Phi) is 6.01. The fourth-order valence-corrected chi connectivity index (χ4v) is 2.14. The summed E-state index contributed by atoms with van der Waals surface area (Å²) in [6, 6.07) is 17.2. The molecule has 0 spiro atoms. The normalized spacial score (nSPS) is 11.7. The van der Waals surface area contributed by atoms with E-state index >= 15 is 0 Å².